The van der Waals surface area contributed by atoms with Crippen molar-refractivity contribution >= 4 is 11.7 Å². The third-order valence-electron chi connectivity index (χ3n) is 3.50. The maximum atomic E-state index is 13.4. The number of anilines is 1. The fraction of sp³-hybridized carbons (Fsp3) is 0.600. The van der Waals surface area contributed by atoms with Gasteiger partial charge in [0.2, 0.25) is 0 Å². The van der Waals surface area contributed by atoms with E-state index in [1.807, 2.05) is 13.8 Å². The van der Waals surface area contributed by atoms with Gasteiger partial charge in [0.05, 0.1) is 17.9 Å². The van der Waals surface area contributed by atoms with Crippen LogP contribution in [0.15, 0.2) is 12.3 Å². The number of aromatic nitrogens is 1. The number of piperidine rings is 1. The van der Waals surface area contributed by atoms with E-state index in [1.165, 1.54) is 6.07 Å². The summed E-state index contributed by atoms with van der Waals surface area (Å²) < 4.78 is 19.0. The number of nitrogens with zero attached hydrogens (tertiary/aromatic N) is 2. The Morgan fingerprint density at radius 1 is 1.57 bits per heavy atom. The number of nitrogens with one attached hydrogen (secondary N) is 1. The average Bonchev–Trinajstić information content (AvgIpc) is 2.49. The first-order valence-electron chi connectivity index (χ1n) is 7.46. The molecule has 2 heterocycles. The lowest BCUT2D eigenvalue weighted by Gasteiger charge is -2.32. The number of carbonyl (C=O) groups is 1. The van der Waals surface area contributed by atoms with Crippen molar-refractivity contribution in [3.8, 4) is 0 Å². The van der Waals surface area contributed by atoms with Gasteiger partial charge in [-0.1, -0.05) is 0 Å². The fourth-order valence-corrected chi connectivity index (χ4v) is 2.58. The topological polar surface area (TPSA) is 54.5 Å². The monoisotopic (exact) mass is 295 g/mol. The molecule has 1 aromatic rings. The first-order valence-corrected chi connectivity index (χ1v) is 7.46. The van der Waals surface area contributed by atoms with Crippen LogP contribution in [0.1, 0.15) is 37.0 Å². The number of ether oxygens (including phenoxy) is 1. The zero-order valence-corrected chi connectivity index (χ0v) is 12.6. The highest BCUT2D eigenvalue weighted by Crippen LogP contribution is 2.20. The Labute approximate surface area is 124 Å². The van der Waals surface area contributed by atoms with Crippen LogP contribution in [-0.4, -0.2) is 48.1 Å². The number of carbonyl (C=O) groups excluding carboxylic acids is 1. The van der Waals surface area contributed by atoms with E-state index >= 15 is 0 Å². The summed E-state index contributed by atoms with van der Waals surface area (Å²) in [4.78, 5) is 18.3. The van der Waals surface area contributed by atoms with Gasteiger partial charge >= 0.3 is 0 Å². The van der Waals surface area contributed by atoms with Crippen LogP contribution in [0.3, 0.4) is 0 Å². The Morgan fingerprint density at radius 2 is 2.38 bits per heavy atom. The summed E-state index contributed by atoms with van der Waals surface area (Å²) >= 11 is 0. The molecule has 1 saturated heterocycles. The van der Waals surface area contributed by atoms with Crippen LogP contribution in [0.25, 0.3) is 0 Å². The summed E-state index contributed by atoms with van der Waals surface area (Å²) in [6.07, 6.45) is 3.04. The lowest BCUT2D eigenvalue weighted by atomic mass is 10.1. The maximum Gasteiger partial charge on any atom is 0.257 e. The zero-order chi connectivity index (χ0) is 15.2. The molecule has 0 bridgehead atoms. The molecule has 1 atom stereocenters. The molecular weight excluding hydrogens is 273 g/mol. The predicted octanol–water partition coefficient (Wildman–Crippen LogP) is 2.29. The van der Waals surface area contributed by atoms with E-state index in [4.69, 9.17) is 4.74 Å². The van der Waals surface area contributed by atoms with Gasteiger partial charge in [-0.2, -0.15) is 0 Å². The van der Waals surface area contributed by atoms with Crippen LogP contribution in [0, 0.1) is 5.82 Å². The minimum Gasteiger partial charge on any atom is -0.377 e. The molecule has 1 N–H and O–H groups in total. The molecule has 21 heavy (non-hydrogen) atoms. The van der Waals surface area contributed by atoms with Gasteiger partial charge in [0.15, 0.2) is 0 Å². The second-order valence-corrected chi connectivity index (χ2v) is 5.05. The number of likely N-dealkylation sites (tertiary alicyclic amines) is 1. The normalized spacial score (nSPS) is 18.6. The van der Waals surface area contributed by atoms with Crippen molar-refractivity contribution < 1.29 is 13.9 Å². The van der Waals surface area contributed by atoms with Gasteiger partial charge in [-0.3, -0.25) is 4.79 Å². The van der Waals surface area contributed by atoms with Crippen molar-refractivity contribution in [2.24, 2.45) is 0 Å². The molecule has 0 saturated carbocycles. The van der Waals surface area contributed by atoms with Crippen LogP contribution < -0.4 is 5.32 Å². The van der Waals surface area contributed by atoms with Crippen LogP contribution in [-0.2, 0) is 4.74 Å². The molecule has 5 nitrogen and oxygen atoms in total. The van der Waals surface area contributed by atoms with Gasteiger partial charge in [0.25, 0.3) is 5.91 Å². The molecule has 0 aromatic carbocycles. The smallest absolute Gasteiger partial charge is 0.257 e. The summed E-state index contributed by atoms with van der Waals surface area (Å²) in [6.45, 7) is 6.34. The van der Waals surface area contributed by atoms with E-state index in [-0.39, 0.29) is 17.6 Å². The van der Waals surface area contributed by atoms with Crippen LogP contribution in [0.5, 0.6) is 0 Å². The Hall–Kier alpha value is -1.69. The number of hydrogen-bond donors (Lipinski definition) is 1. The molecular formula is C15H22FN3O2. The number of halogens is 1. The van der Waals surface area contributed by atoms with Gasteiger partial charge in [0, 0.05) is 26.2 Å². The number of pyridine rings is 1. The molecule has 0 radical (unpaired) electrons. The molecule has 1 fully saturated rings. The Balaban J connectivity index is 2.16. The summed E-state index contributed by atoms with van der Waals surface area (Å²) in [5.41, 5.74) is 0.286. The number of hydrogen-bond acceptors (Lipinski definition) is 4. The second-order valence-electron chi connectivity index (χ2n) is 5.05. The van der Waals surface area contributed by atoms with Crippen LogP contribution in [0.4, 0.5) is 10.2 Å². The summed E-state index contributed by atoms with van der Waals surface area (Å²) in [6, 6.07) is 1.25. The van der Waals surface area contributed by atoms with Crippen LogP contribution >= 0.6 is 0 Å². The minimum atomic E-state index is -0.502. The summed E-state index contributed by atoms with van der Waals surface area (Å²) in [7, 11) is 0. The van der Waals surface area contributed by atoms with Gasteiger partial charge < -0.3 is 15.0 Å². The third-order valence-corrected chi connectivity index (χ3v) is 3.50. The van der Waals surface area contributed by atoms with Gasteiger partial charge in [-0.05, 0) is 32.8 Å². The highest BCUT2D eigenvalue weighted by molar-refractivity contribution is 5.98. The van der Waals surface area contributed by atoms with Crippen molar-refractivity contribution in [1.29, 1.82) is 0 Å². The van der Waals surface area contributed by atoms with Gasteiger partial charge in [-0.15, -0.1) is 0 Å². The first kappa shape index (κ1) is 15.7. The molecule has 1 unspecified atom stereocenters. The van der Waals surface area contributed by atoms with E-state index in [2.05, 4.69) is 10.3 Å². The predicted molar refractivity (Wildman–Crippen MR) is 78.9 cm³/mol. The van der Waals surface area contributed by atoms with Crippen LogP contribution in [0.2, 0.25) is 0 Å². The number of rotatable bonds is 5. The highest BCUT2D eigenvalue weighted by atomic mass is 19.1. The third kappa shape index (κ3) is 3.91. The molecule has 1 aromatic heterocycles. The van der Waals surface area contributed by atoms with Crippen molar-refractivity contribution in [3.63, 3.8) is 0 Å². The summed E-state index contributed by atoms with van der Waals surface area (Å²) in [5, 5.41) is 3.00. The fourth-order valence-electron chi connectivity index (χ4n) is 2.58. The van der Waals surface area contributed by atoms with E-state index in [9.17, 15) is 9.18 Å². The first-order chi connectivity index (χ1) is 10.2. The van der Waals surface area contributed by atoms with E-state index in [0.717, 1.165) is 19.0 Å². The van der Waals surface area contributed by atoms with Crippen molar-refractivity contribution in [3.05, 3.63) is 23.6 Å². The number of amides is 1. The van der Waals surface area contributed by atoms with E-state index in [1.54, 1.807) is 4.90 Å². The zero-order valence-electron chi connectivity index (χ0n) is 12.6. The molecule has 116 valence electrons. The largest absolute Gasteiger partial charge is 0.377 e. The molecule has 0 aliphatic carbocycles. The Morgan fingerprint density at radius 3 is 3.10 bits per heavy atom. The molecule has 1 aliphatic rings. The Kier molecular flexibility index (Phi) is 5.50. The van der Waals surface area contributed by atoms with Crippen molar-refractivity contribution in [2.75, 3.05) is 31.6 Å². The highest BCUT2D eigenvalue weighted by Gasteiger charge is 2.26. The summed E-state index contributed by atoms with van der Waals surface area (Å²) in [5.74, 6) is -0.261. The van der Waals surface area contributed by atoms with E-state index in [0.29, 0.717) is 32.1 Å². The average molecular weight is 295 g/mol. The minimum absolute atomic E-state index is 0.0665. The lowest BCUT2D eigenvalue weighted by Crippen LogP contribution is -2.43. The SMILES string of the molecule is CCNc1ncc(F)cc1C(=O)N1CCCC(OCC)C1. The van der Waals surface area contributed by atoms with E-state index < -0.39 is 5.82 Å². The van der Waals surface area contributed by atoms with Gasteiger partial charge in [0.1, 0.15) is 11.6 Å². The molecule has 1 amide bonds. The quantitative estimate of drug-likeness (QED) is 0.905. The van der Waals surface area contributed by atoms with Crippen molar-refractivity contribution in [2.45, 2.75) is 32.8 Å². The standard InChI is InChI=1S/C15H22FN3O2/c1-3-17-14-13(8-11(16)9-18-14)15(20)19-7-5-6-12(10-19)21-4-2/h8-9,12H,3-7,10H2,1-2H3,(H,17,18). The molecule has 2 rings (SSSR count). The second kappa shape index (κ2) is 7.36. The molecule has 0 spiro atoms. The maximum absolute atomic E-state index is 13.4. The molecule has 1 aliphatic heterocycles. The van der Waals surface area contributed by atoms with Gasteiger partial charge in [-0.25, -0.2) is 9.37 Å². The molecule has 6 heteroatoms. The van der Waals surface area contributed by atoms with Crippen molar-refractivity contribution in [1.82, 2.24) is 9.88 Å². The Bertz CT molecular complexity index is 494. The lowest BCUT2D eigenvalue weighted by molar-refractivity contribution is 0.00725.